The van der Waals surface area contributed by atoms with Crippen molar-refractivity contribution in [2.75, 3.05) is 5.73 Å². The summed E-state index contributed by atoms with van der Waals surface area (Å²) in [4.78, 5) is 0. The summed E-state index contributed by atoms with van der Waals surface area (Å²) in [5.74, 6) is -0.313. The lowest BCUT2D eigenvalue weighted by Crippen LogP contribution is -2.08. The van der Waals surface area contributed by atoms with Crippen LogP contribution in [0, 0.1) is 18.3 Å². The molecule has 6 heteroatoms. The SMILES string of the molecule is Cc1ccc(C#N)c(Oc2ccc(N)cc2C(F)(F)F)c1. The van der Waals surface area contributed by atoms with Gasteiger partial charge in [-0.1, -0.05) is 6.07 Å². The Bertz CT molecular complexity index is 718. The summed E-state index contributed by atoms with van der Waals surface area (Å²) < 4.78 is 44.3. The first kappa shape index (κ1) is 14.7. The number of aryl methyl sites for hydroxylation is 1. The summed E-state index contributed by atoms with van der Waals surface area (Å²) in [7, 11) is 0. The number of anilines is 1. The molecule has 0 unspecified atom stereocenters. The van der Waals surface area contributed by atoms with Gasteiger partial charge in [-0.3, -0.25) is 0 Å². The minimum atomic E-state index is -4.60. The van der Waals surface area contributed by atoms with Gasteiger partial charge in [0.1, 0.15) is 23.1 Å². The Hall–Kier alpha value is -2.68. The van der Waals surface area contributed by atoms with Gasteiger partial charge in [-0.2, -0.15) is 18.4 Å². The molecule has 0 radical (unpaired) electrons. The predicted octanol–water partition coefficient (Wildman–Crippen LogP) is 4.26. The summed E-state index contributed by atoms with van der Waals surface area (Å²) in [6, 6.07) is 9.82. The van der Waals surface area contributed by atoms with Gasteiger partial charge < -0.3 is 10.5 Å². The van der Waals surface area contributed by atoms with Crippen LogP contribution in [0.1, 0.15) is 16.7 Å². The van der Waals surface area contributed by atoms with E-state index in [0.29, 0.717) is 0 Å². The van der Waals surface area contributed by atoms with Crippen molar-refractivity contribution in [3.05, 3.63) is 53.1 Å². The third-order valence-corrected chi connectivity index (χ3v) is 2.79. The normalized spacial score (nSPS) is 11.0. The number of benzene rings is 2. The standard InChI is InChI=1S/C15H11F3N2O/c1-9-2-3-10(8-19)14(6-9)21-13-5-4-11(20)7-12(13)15(16,17)18/h2-7H,20H2,1H3. The first-order chi connectivity index (χ1) is 9.81. The van der Waals surface area contributed by atoms with Crippen molar-refractivity contribution in [1.29, 1.82) is 5.26 Å². The third-order valence-electron chi connectivity index (χ3n) is 2.79. The van der Waals surface area contributed by atoms with E-state index < -0.39 is 11.7 Å². The van der Waals surface area contributed by atoms with E-state index >= 15 is 0 Å². The molecule has 21 heavy (non-hydrogen) atoms. The van der Waals surface area contributed by atoms with Crippen LogP contribution in [-0.2, 0) is 6.18 Å². The number of nitriles is 1. The van der Waals surface area contributed by atoms with Crippen LogP contribution in [0.15, 0.2) is 36.4 Å². The Labute approximate surface area is 119 Å². The number of nitrogen functional groups attached to an aromatic ring is 1. The van der Waals surface area contributed by atoms with E-state index in [1.54, 1.807) is 13.0 Å². The van der Waals surface area contributed by atoms with Crippen molar-refractivity contribution in [2.24, 2.45) is 0 Å². The first-order valence-electron chi connectivity index (χ1n) is 5.96. The molecular weight excluding hydrogens is 281 g/mol. The summed E-state index contributed by atoms with van der Waals surface area (Å²) in [5.41, 5.74) is 5.33. The molecule has 0 aliphatic carbocycles. The van der Waals surface area contributed by atoms with E-state index in [0.717, 1.165) is 17.7 Å². The molecule has 0 bridgehead atoms. The van der Waals surface area contributed by atoms with Gasteiger partial charge in [0.2, 0.25) is 0 Å². The summed E-state index contributed by atoms with van der Waals surface area (Å²) in [6.07, 6.45) is -4.60. The van der Waals surface area contributed by atoms with Crippen molar-refractivity contribution >= 4 is 5.69 Å². The van der Waals surface area contributed by atoms with Gasteiger partial charge in [0.05, 0.1) is 5.56 Å². The van der Waals surface area contributed by atoms with Gasteiger partial charge in [0, 0.05) is 5.69 Å². The van der Waals surface area contributed by atoms with Crippen LogP contribution in [0.3, 0.4) is 0 Å². The topological polar surface area (TPSA) is 59.0 Å². The van der Waals surface area contributed by atoms with E-state index in [9.17, 15) is 13.2 Å². The highest BCUT2D eigenvalue weighted by atomic mass is 19.4. The highest BCUT2D eigenvalue weighted by Crippen LogP contribution is 2.39. The molecule has 2 aromatic carbocycles. The van der Waals surface area contributed by atoms with Crippen LogP contribution in [-0.4, -0.2) is 0 Å². The fourth-order valence-corrected chi connectivity index (χ4v) is 1.78. The van der Waals surface area contributed by atoms with E-state index in [2.05, 4.69) is 0 Å². The Morgan fingerprint density at radius 1 is 1.10 bits per heavy atom. The van der Waals surface area contributed by atoms with Crippen molar-refractivity contribution in [3.63, 3.8) is 0 Å². The zero-order valence-corrected chi connectivity index (χ0v) is 11.0. The Morgan fingerprint density at radius 3 is 2.43 bits per heavy atom. The number of nitrogens with two attached hydrogens (primary N) is 1. The molecule has 0 amide bonds. The largest absolute Gasteiger partial charge is 0.455 e. The van der Waals surface area contributed by atoms with Gasteiger partial charge >= 0.3 is 6.18 Å². The maximum absolute atomic E-state index is 13.0. The second-order valence-electron chi connectivity index (χ2n) is 4.47. The maximum Gasteiger partial charge on any atom is 0.420 e. The number of hydrogen-bond donors (Lipinski definition) is 1. The fourth-order valence-electron chi connectivity index (χ4n) is 1.78. The van der Waals surface area contributed by atoms with Gasteiger partial charge in [-0.05, 0) is 42.8 Å². The molecule has 2 aromatic rings. The van der Waals surface area contributed by atoms with Crippen LogP contribution >= 0.6 is 0 Å². The molecule has 0 atom stereocenters. The molecule has 0 aliphatic heterocycles. The fraction of sp³-hybridized carbons (Fsp3) is 0.133. The third kappa shape index (κ3) is 3.26. The van der Waals surface area contributed by atoms with Crippen LogP contribution in [0.5, 0.6) is 11.5 Å². The second-order valence-corrected chi connectivity index (χ2v) is 4.47. The lowest BCUT2D eigenvalue weighted by molar-refractivity contribution is -0.138. The smallest absolute Gasteiger partial charge is 0.420 e. The molecule has 0 saturated carbocycles. The van der Waals surface area contributed by atoms with Gasteiger partial charge in [-0.15, -0.1) is 0 Å². The van der Waals surface area contributed by atoms with Crippen LogP contribution in [0.4, 0.5) is 18.9 Å². The van der Waals surface area contributed by atoms with E-state index in [1.807, 2.05) is 6.07 Å². The van der Waals surface area contributed by atoms with Crippen molar-refractivity contribution in [3.8, 4) is 17.6 Å². The molecule has 108 valence electrons. The number of hydrogen-bond acceptors (Lipinski definition) is 3. The number of ether oxygens (including phenoxy) is 1. The molecule has 2 rings (SSSR count). The molecular formula is C15H11F3N2O. The maximum atomic E-state index is 13.0. The zero-order chi connectivity index (χ0) is 15.6. The number of rotatable bonds is 2. The molecule has 2 N–H and O–H groups in total. The summed E-state index contributed by atoms with van der Waals surface area (Å²) in [5, 5.41) is 8.99. The van der Waals surface area contributed by atoms with Crippen LogP contribution in [0.25, 0.3) is 0 Å². The summed E-state index contributed by atoms with van der Waals surface area (Å²) >= 11 is 0. The molecule has 0 heterocycles. The molecule has 0 aliphatic rings. The van der Waals surface area contributed by atoms with Crippen LogP contribution in [0.2, 0.25) is 0 Å². The molecule has 0 spiro atoms. The Morgan fingerprint density at radius 2 is 1.81 bits per heavy atom. The van der Waals surface area contributed by atoms with Crippen molar-refractivity contribution < 1.29 is 17.9 Å². The van der Waals surface area contributed by atoms with E-state index in [-0.39, 0.29) is 22.7 Å². The number of nitrogens with zero attached hydrogens (tertiary/aromatic N) is 1. The first-order valence-corrected chi connectivity index (χ1v) is 5.96. The zero-order valence-electron chi connectivity index (χ0n) is 11.0. The minimum Gasteiger partial charge on any atom is -0.455 e. The highest BCUT2D eigenvalue weighted by molar-refractivity contribution is 5.53. The number of halogens is 3. The highest BCUT2D eigenvalue weighted by Gasteiger charge is 2.35. The van der Waals surface area contributed by atoms with E-state index in [1.165, 1.54) is 18.2 Å². The van der Waals surface area contributed by atoms with Crippen molar-refractivity contribution in [1.82, 2.24) is 0 Å². The molecule has 0 saturated heterocycles. The average Bonchev–Trinajstić information content (AvgIpc) is 2.40. The summed E-state index contributed by atoms with van der Waals surface area (Å²) in [6.45, 7) is 1.75. The second kappa shape index (κ2) is 5.37. The van der Waals surface area contributed by atoms with E-state index in [4.69, 9.17) is 15.7 Å². The molecule has 3 nitrogen and oxygen atoms in total. The quantitative estimate of drug-likeness (QED) is 0.841. The van der Waals surface area contributed by atoms with Gasteiger partial charge in [-0.25, -0.2) is 0 Å². The Balaban J connectivity index is 2.50. The number of alkyl halides is 3. The average molecular weight is 292 g/mol. The van der Waals surface area contributed by atoms with Crippen LogP contribution < -0.4 is 10.5 Å². The molecule has 0 fully saturated rings. The van der Waals surface area contributed by atoms with Crippen molar-refractivity contribution in [2.45, 2.75) is 13.1 Å². The predicted molar refractivity (Wildman–Crippen MR) is 71.8 cm³/mol. The minimum absolute atomic E-state index is 0.0144. The Kier molecular flexibility index (Phi) is 3.76. The van der Waals surface area contributed by atoms with Gasteiger partial charge in [0.25, 0.3) is 0 Å². The lowest BCUT2D eigenvalue weighted by Gasteiger charge is -2.15. The monoisotopic (exact) mass is 292 g/mol. The lowest BCUT2D eigenvalue weighted by atomic mass is 10.1. The van der Waals surface area contributed by atoms with Gasteiger partial charge in [0.15, 0.2) is 0 Å². The molecule has 0 aromatic heterocycles.